The van der Waals surface area contributed by atoms with Crippen LogP contribution in [0.5, 0.6) is 0 Å². The molecule has 3 atom stereocenters. The minimum Gasteiger partial charge on any atom is -0.480 e. The van der Waals surface area contributed by atoms with Gasteiger partial charge >= 0.3 is 5.97 Å². The second-order valence-corrected chi connectivity index (χ2v) is 6.92. The Morgan fingerprint density at radius 3 is 2.25 bits per heavy atom. The Morgan fingerprint density at radius 2 is 1.83 bits per heavy atom. The largest absolute Gasteiger partial charge is 0.480 e. The summed E-state index contributed by atoms with van der Waals surface area (Å²) in [5.41, 5.74) is 0. The van der Waals surface area contributed by atoms with Gasteiger partial charge in [-0.25, -0.2) is 4.79 Å². The molecule has 1 aliphatic rings. The van der Waals surface area contributed by atoms with Crippen molar-refractivity contribution in [3.63, 3.8) is 0 Å². The Morgan fingerprint density at radius 1 is 1.21 bits per heavy atom. The molecule has 0 unspecified atom stereocenters. The van der Waals surface area contributed by atoms with Crippen LogP contribution in [0, 0.1) is 11.8 Å². The van der Waals surface area contributed by atoms with Crippen molar-refractivity contribution in [2.24, 2.45) is 11.8 Å². The molecule has 0 aromatic rings. The Bertz CT molecular complexity index is 504. The molecule has 0 radical (unpaired) electrons. The summed E-state index contributed by atoms with van der Waals surface area (Å²) in [7, 11) is 0. The van der Waals surface area contributed by atoms with E-state index in [1.807, 2.05) is 13.8 Å². The smallest absolute Gasteiger partial charge is 0.326 e. The highest BCUT2D eigenvalue weighted by molar-refractivity contribution is 5.94. The fourth-order valence-corrected chi connectivity index (χ4v) is 2.55. The molecule has 0 spiro atoms. The first-order chi connectivity index (χ1) is 11.1. The molecule has 24 heavy (non-hydrogen) atoms. The summed E-state index contributed by atoms with van der Waals surface area (Å²) in [6.45, 7) is 7.26. The van der Waals surface area contributed by atoms with E-state index in [-0.39, 0.29) is 24.2 Å². The average Bonchev–Trinajstić information content (AvgIpc) is 2.89. The predicted molar refractivity (Wildman–Crippen MR) is 87.0 cm³/mol. The number of carboxylic acids is 1. The van der Waals surface area contributed by atoms with Crippen molar-refractivity contribution in [3.8, 4) is 0 Å². The second kappa shape index (κ2) is 8.65. The minimum atomic E-state index is -1.10. The number of amides is 3. The van der Waals surface area contributed by atoms with E-state index in [0.29, 0.717) is 12.8 Å². The van der Waals surface area contributed by atoms with Gasteiger partial charge in [0.2, 0.25) is 17.7 Å². The van der Waals surface area contributed by atoms with E-state index in [0.717, 1.165) is 0 Å². The van der Waals surface area contributed by atoms with Gasteiger partial charge in [-0.05, 0) is 24.7 Å². The number of carbonyl (C=O) groups is 4. The van der Waals surface area contributed by atoms with Crippen LogP contribution in [0.15, 0.2) is 0 Å². The quantitative estimate of drug-likeness (QED) is 0.495. The van der Waals surface area contributed by atoms with E-state index in [4.69, 9.17) is 0 Å². The standard InChI is InChI=1S/C16H27N3O5/c1-8(2)7-11(16(23)24)18-15(22)13(9(3)4)19-14(21)10-5-6-12(20)17-10/h8-11,13H,5-7H2,1-4H3,(H,17,20)(H,18,22)(H,19,21)(H,23,24)/t10-,11-,13-/m0/s1. The van der Waals surface area contributed by atoms with Crippen LogP contribution < -0.4 is 16.0 Å². The zero-order chi connectivity index (χ0) is 18.4. The third-order valence-electron chi connectivity index (χ3n) is 3.88. The van der Waals surface area contributed by atoms with E-state index in [9.17, 15) is 24.3 Å². The first-order valence-electron chi connectivity index (χ1n) is 8.24. The summed E-state index contributed by atoms with van der Waals surface area (Å²) in [5.74, 6) is -2.37. The summed E-state index contributed by atoms with van der Waals surface area (Å²) < 4.78 is 0. The van der Waals surface area contributed by atoms with Crippen molar-refractivity contribution in [2.45, 2.75) is 65.1 Å². The van der Waals surface area contributed by atoms with E-state index < -0.39 is 35.9 Å². The van der Waals surface area contributed by atoms with Crippen LogP contribution in [0.25, 0.3) is 0 Å². The number of hydrogen-bond acceptors (Lipinski definition) is 4. The molecular formula is C16H27N3O5. The van der Waals surface area contributed by atoms with Crippen LogP contribution in [-0.2, 0) is 19.2 Å². The van der Waals surface area contributed by atoms with Crippen LogP contribution in [0.2, 0.25) is 0 Å². The molecule has 1 rings (SSSR count). The maximum Gasteiger partial charge on any atom is 0.326 e. The van der Waals surface area contributed by atoms with Gasteiger partial charge in [-0.15, -0.1) is 0 Å². The maximum atomic E-state index is 12.4. The maximum absolute atomic E-state index is 12.4. The van der Waals surface area contributed by atoms with Gasteiger partial charge in [0.05, 0.1) is 0 Å². The number of rotatable bonds is 8. The lowest BCUT2D eigenvalue weighted by Crippen LogP contribution is -2.56. The fourth-order valence-electron chi connectivity index (χ4n) is 2.55. The zero-order valence-electron chi connectivity index (χ0n) is 14.6. The topological polar surface area (TPSA) is 125 Å². The van der Waals surface area contributed by atoms with E-state index >= 15 is 0 Å². The molecule has 8 nitrogen and oxygen atoms in total. The molecular weight excluding hydrogens is 314 g/mol. The van der Waals surface area contributed by atoms with Crippen LogP contribution in [0.3, 0.4) is 0 Å². The van der Waals surface area contributed by atoms with Crippen molar-refractivity contribution < 1.29 is 24.3 Å². The molecule has 0 saturated carbocycles. The number of carbonyl (C=O) groups excluding carboxylic acids is 3. The number of aliphatic carboxylic acids is 1. The first kappa shape index (κ1) is 19.9. The lowest BCUT2D eigenvalue weighted by Gasteiger charge is -2.25. The van der Waals surface area contributed by atoms with Crippen molar-refractivity contribution in [2.75, 3.05) is 0 Å². The molecule has 1 fully saturated rings. The van der Waals surface area contributed by atoms with Gasteiger partial charge in [-0.1, -0.05) is 27.7 Å². The van der Waals surface area contributed by atoms with Crippen molar-refractivity contribution in [1.29, 1.82) is 0 Å². The molecule has 136 valence electrons. The lowest BCUT2D eigenvalue weighted by atomic mass is 10.00. The van der Waals surface area contributed by atoms with Crippen LogP contribution in [-0.4, -0.2) is 46.9 Å². The van der Waals surface area contributed by atoms with E-state index in [1.165, 1.54) is 0 Å². The molecule has 0 aromatic carbocycles. The molecule has 1 saturated heterocycles. The lowest BCUT2D eigenvalue weighted by molar-refractivity contribution is -0.143. The van der Waals surface area contributed by atoms with Gasteiger partial charge in [-0.2, -0.15) is 0 Å². The van der Waals surface area contributed by atoms with Crippen LogP contribution in [0.4, 0.5) is 0 Å². The number of carboxylic acid groups (broad SMARTS) is 1. The Labute approximate surface area is 141 Å². The highest BCUT2D eigenvalue weighted by Crippen LogP contribution is 2.10. The predicted octanol–water partition coefficient (Wildman–Crippen LogP) is 0.0213. The molecule has 3 amide bonds. The molecule has 8 heteroatoms. The Hall–Kier alpha value is -2.12. The molecule has 0 bridgehead atoms. The van der Waals surface area contributed by atoms with E-state index in [1.54, 1.807) is 13.8 Å². The highest BCUT2D eigenvalue weighted by Gasteiger charge is 2.33. The van der Waals surface area contributed by atoms with Gasteiger partial charge in [0.15, 0.2) is 0 Å². The monoisotopic (exact) mass is 341 g/mol. The third-order valence-corrected chi connectivity index (χ3v) is 3.88. The first-order valence-corrected chi connectivity index (χ1v) is 8.24. The molecule has 1 aliphatic heterocycles. The third kappa shape index (κ3) is 5.82. The average molecular weight is 341 g/mol. The molecule has 1 heterocycles. The number of nitrogens with one attached hydrogen (secondary N) is 3. The van der Waals surface area contributed by atoms with E-state index in [2.05, 4.69) is 16.0 Å². The second-order valence-electron chi connectivity index (χ2n) is 6.92. The number of hydrogen-bond donors (Lipinski definition) is 4. The fraction of sp³-hybridized carbons (Fsp3) is 0.750. The van der Waals surface area contributed by atoms with Gasteiger partial charge in [0.1, 0.15) is 18.1 Å². The zero-order valence-corrected chi connectivity index (χ0v) is 14.6. The Kier molecular flexibility index (Phi) is 7.18. The van der Waals surface area contributed by atoms with Crippen LogP contribution >= 0.6 is 0 Å². The van der Waals surface area contributed by atoms with Gasteiger partial charge < -0.3 is 21.1 Å². The summed E-state index contributed by atoms with van der Waals surface area (Å²) in [4.78, 5) is 47.1. The van der Waals surface area contributed by atoms with Gasteiger partial charge in [-0.3, -0.25) is 14.4 Å². The highest BCUT2D eigenvalue weighted by atomic mass is 16.4. The molecule has 0 aromatic heterocycles. The minimum absolute atomic E-state index is 0.104. The summed E-state index contributed by atoms with van der Waals surface area (Å²) in [6, 6.07) is -2.50. The SMILES string of the molecule is CC(C)C[C@H](NC(=O)[C@@H](NC(=O)[C@@H]1CCC(=O)N1)C(C)C)C(=O)O. The normalized spacial score (nSPS) is 19.8. The Balaban J connectivity index is 2.72. The van der Waals surface area contributed by atoms with Crippen molar-refractivity contribution in [1.82, 2.24) is 16.0 Å². The molecule has 0 aliphatic carbocycles. The summed E-state index contributed by atoms with van der Waals surface area (Å²) in [5, 5.41) is 16.9. The summed E-state index contributed by atoms with van der Waals surface area (Å²) in [6.07, 6.45) is 0.979. The summed E-state index contributed by atoms with van der Waals surface area (Å²) >= 11 is 0. The molecule has 4 N–H and O–H groups in total. The van der Waals surface area contributed by atoms with Gasteiger partial charge in [0, 0.05) is 6.42 Å². The van der Waals surface area contributed by atoms with Crippen LogP contribution in [0.1, 0.15) is 47.0 Å². The van der Waals surface area contributed by atoms with Gasteiger partial charge in [0.25, 0.3) is 0 Å². The van der Waals surface area contributed by atoms with Crippen molar-refractivity contribution in [3.05, 3.63) is 0 Å². The van der Waals surface area contributed by atoms with Crippen molar-refractivity contribution >= 4 is 23.7 Å².